The van der Waals surface area contributed by atoms with Crippen LogP contribution in [0, 0.1) is 28.9 Å². The van der Waals surface area contributed by atoms with Crippen LogP contribution in [-0.2, 0) is 0 Å². The molecule has 34 heteroatoms. The van der Waals surface area contributed by atoms with Gasteiger partial charge in [-0.3, -0.25) is 39.5 Å². The van der Waals surface area contributed by atoms with E-state index in [0.717, 1.165) is 28.0 Å². The van der Waals surface area contributed by atoms with Gasteiger partial charge in [-0.05, 0) is 123 Å². The summed E-state index contributed by atoms with van der Waals surface area (Å²) in [6.45, 7) is 9.50. The number of halogens is 1. The summed E-state index contributed by atoms with van der Waals surface area (Å²) in [4.78, 5) is 59.4. The topological polar surface area (TPSA) is 503 Å². The van der Waals surface area contributed by atoms with Crippen LogP contribution in [-0.4, -0.2) is 163 Å². The summed E-state index contributed by atoms with van der Waals surface area (Å²) in [5.74, 6) is 1.25. The Bertz CT molecular complexity index is 4610. The Morgan fingerprint density at radius 1 is 0.446 bits per heavy atom. The first kappa shape index (κ1) is 81.8. The second kappa shape index (κ2) is 44.3. The van der Waals surface area contributed by atoms with E-state index in [1.165, 1.54) is 116 Å². The Labute approximate surface area is 589 Å². The third-order valence-electron chi connectivity index (χ3n) is 11.8. The van der Waals surface area contributed by atoms with Gasteiger partial charge in [-0.2, -0.15) is 5.26 Å². The van der Waals surface area contributed by atoms with E-state index in [0.29, 0.717) is 37.9 Å². The lowest BCUT2D eigenvalue weighted by molar-refractivity contribution is 0.0997. The normalized spacial score (nSPS) is 9.92. The number of ketones is 2. The number of carbonyl (C=O) groups is 2. The average Bonchev–Trinajstić information content (AvgIpc) is 1.74. The van der Waals surface area contributed by atoms with Gasteiger partial charge in [0, 0.05) is 100 Å². The first-order valence-corrected chi connectivity index (χ1v) is 29.6. The van der Waals surface area contributed by atoms with Gasteiger partial charge in [0.15, 0.2) is 74.5 Å². The summed E-state index contributed by atoms with van der Waals surface area (Å²) < 4.78 is 30.1. The minimum absolute atomic E-state index is 0.0165. The number of pyridine rings is 10. The molecule has 526 valence electrons. The van der Waals surface area contributed by atoms with Crippen LogP contribution >= 0.6 is 22.6 Å². The van der Waals surface area contributed by atoms with E-state index in [9.17, 15) is 19.8 Å². The summed E-state index contributed by atoms with van der Waals surface area (Å²) in [6, 6.07) is 27.4. The molecule has 0 saturated carbocycles. The summed E-state index contributed by atoms with van der Waals surface area (Å²) in [7, 11) is 5.94. The van der Waals surface area contributed by atoms with E-state index in [1.54, 1.807) is 106 Å². The molecule has 0 aromatic carbocycles. The number of aromatic nitrogens is 12. The molecule has 0 aliphatic heterocycles. The van der Waals surface area contributed by atoms with E-state index in [4.69, 9.17) is 74.3 Å². The monoisotopic (exact) mass is 1500 g/mol. The lowest BCUT2D eigenvalue weighted by Crippen LogP contribution is -2.00. The highest BCUT2D eigenvalue weighted by Gasteiger charge is 2.14. The Morgan fingerprint density at radius 2 is 0.881 bits per heavy atom. The summed E-state index contributed by atoms with van der Waals surface area (Å²) in [5, 5.41) is 111. The fourth-order valence-corrected chi connectivity index (χ4v) is 7.25. The predicted molar refractivity (Wildman–Crippen MR) is 372 cm³/mol. The Balaban J connectivity index is 0.000000293. The van der Waals surface area contributed by atoms with Crippen molar-refractivity contribution in [1.29, 1.82) is 5.26 Å². The molecule has 10 N–H and O–H groups in total. The van der Waals surface area contributed by atoms with Gasteiger partial charge >= 0.3 is 0 Å². The molecule has 0 amide bonds. The lowest BCUT2D eigenvalue weighted by Gasteiger charge is -2.05. The van der Waals surface area contributed by atoms with E-state index < -0.39 is 0 Å². The van der Waals surface area contributed by atoms with Gasteiger partial charge in [-0.15, -0.1) is 0 Å². The van der Waals surface area contributed by atoms with Crippen molar-refractivity contribution >= 4 is 67.8 Å². The predicted octanol–water partition coefficient (Wildman–Crippen LogP) is 10.7. The van der Waals surface area contributed by atoms with Crippen LogP contribution in [0.2, 0.25) is 0 Å². The van der Waals surface area contributed by atoms with Crippen molar-refractivity contribution in [3.8, 4) is 75.1 Å². The molecule has 0 fully saturated rings. The van der Waals surface area contributed by atoms with Crippen LogP contribution in [0.3, 0.4) is 0 Å². The maximum atomic E-state index is 10.9. The number of rotatable bonds is 8. The number of ether oxygens (including phenoxy) is 4. The number of methoxy groups -OCH3 is 4. The molecule has 101 heavy (non-hydrogen) atoms. The van der Waals surface area contributed by atoms with Crippen molar-refractivity contribution < 1.29 is 88.8 Å². The van der Waals surface area contributed by atoms with Crippen molar-refractivity contribution in [1.82, 2.24) is 60.2 Å². The zero-order valence-electron chi connectivity index (χ0n) is 55.5. The van der Waals surface area contributed by atoms with E-state index in [2.05, 4.69) is 70.5 Å². The van der Waals surface area contributed by atoms with Gasteiger partial charge in [-0.25, -0.2) is 19.9 Å². The first-order valence-electron chi connectivity index (χ1n) is 28.6. The van der Waals surface area contributed by atoms with Gasteiger partial charge in [-0.1, -0.05) is 20.6 Å². The SMILES string of the molecule is C/C(=N\O)c1ncccc1O.CC(=O)c1ncccc1O.COc1ccnc(/C(C)=N/O)c1O.COc1ccnc(C(C)=O)c1O.COc1ccnc2c(C)noc12.COc1ccncc1O.Cc1noc2cccnc12.N#Cc1ncccc1O.Oc1cccnc1.Oc1cccnc1I. The third-order valence-corrected chi connectivity index (χ3v) is 12.6. The molecule has 0 saturated heterocycles. The fraction of sp³-hybridized carbons (Fsp3) is 0.149. The van der Waals surface area contributed by atoms with Crippen molar-refractivity contribution in [2.45, 2.75) is 41.5 Å². The largest absolute Gasteiger partial charge is 0.506 e. The van der Waals surface area contributed by atoms with Crippen LogP contribution in [0.1, 0.15) is 77.1 Å². The van der Waals surface area contributed by atoms with Crippen LogP contribution < -0.4 is 18.9 Å². The molecular formula is C67H68IN15O18. The van der Waals surface area contributed by atoms with Crippen molar-refractivity contribution in [2.24, 2.45) is 10.3 Å². The number of carbonyl (C=O) groups excluding carboxylic acids is 2. The highest BCUT2D eigenvalue weighted by molar-refractivity contribution is 14.1. The molecule has 12 rings (SSSR count). The van der Waals surface area contributed by atoms with Crippen LogP contribution in [0.25, 0.3) is 22.2 Å². The lowest BCUT2D eigenvalue weighted by atomic mass is 10.2. The minimum atomic E-state index is -0.286. The second-order valence-electron chi connectivity index (χ2n) is 18.8. The number of nitriles is 1. The molecule has 0 aliphatic carbocycles. The third kappa shape index (κ3) is 27.3. The van der Waals surface area contributed by atoms with Crippen molar-refractivity contribution in [2.75, 3.05) is 28.4 Å². The number of oxime groups is 2. The number of aryl methyl sites for hydroxylation is 2. The maximum Gasteiger partial charge on any atom is 0.227 e. The van der Waals surface area contributed by atoms with E-state index in [1.807, 2.05) is 48.6 Å². The summed E-state index contributed by atoms with van der Waals surface area (Å²) >= 11 is 1.96. The molecule has 12 heterocycles. The molecule has 33 nitrogen and oxygen atoms in total. The van der Waals surface area contributed by atoms with Gasteiger partial charge in [0.05, 0.1) is 40.8 Å². The number of fused-ring (bicyclic) bond motifs is 2. The smallest absolute Gasteiger partial charge is 0.227 e. The quantitative estimate of drug-likeness (QED) is 0.0169. The van der Waals surface area contributed by atoms with Gasteiger partial charge in [0.1, 0.15) is 83.7 Å². The molecule has 0 aliphatic rings. The Hall–Kier alpha value is -13.5. The van der Waals surface area contributed by atoms with E-state index >= 15 is 0 Å². The number of hydrogen-bond donors (Lipinski definition) is 10. The molecular weight excluding hydrogens is 1430 g/mol. The van der Waals surface area contributed by atoms with Crippen LogP contribution in [0.4, 0.5) is 0 Å². The molecule has 12 aromatic heterocycles. The first-order chi connectivity index (χ1) is 48.4. The van der Waals surface area contributed by atoms with Crippen LogP contribution in [0.15, 0.2) is 191 Å². The van der Waals surface area contributed by atoms with Gasteiger partial charge in [0.2, 0.25) is 5.58 Å². The average molecular weight is 1500 g/mol. The van der Waals surface area contributed by atoms with Gasteiger partial charge < -0.3 is 79.3 Å². The zero-order chi connectivity index (χ0) is 74.8. The fourth-order valence-electron chi connectivity index (χ4n) is 6.91. The summed E-state index contributed by atoms with van der Waals surface area (Å²) in [6.07, 6.45) is 18.2. The maximum absolute atomic E-state index is 10.9. The molecule has 12 aromatic rings. The highest BCUT2D eigenvalue weighted by Crippen LogP contribution is 2.29. The molecule has 0 radical (unpaired) electrons. The Morgan fingerprint density at radius 3 is 1.33 bits per heavy atom. The second-order valence-corrected chi connectivity index (χ2v) is 19.8. The minimum Gasteiger partial charge on any atom is -0.506 e. The number of hydrogen-bond acceptors (Lipinski definition) is 33. The molecule has 0 spiro atoms. The number of Topliss-reactive ketones (excluding diaryl/α,β-unsaturated/α-hetero) is 2. The van der Waals surface area contributed by atoms with Crippen molar-refractivity contribution in [3.05, 3.63) is 215 Å². The molecule has 0 bridgehead atoms. The van der Waals surface area contributed by atoms with E-state index in [-0.39, 0.29) is 91.8 Å². The Kier molecular flexibility index (Phi) is 35.9. The highest BCUT2D eigenvalue weighted by atomic mass is 127. The standard InChI is InChI=1S/C8H10N2O3.C8H8N2O2.C8H9NO3.C7H8N2O2.C7H6N2O.C7H7NO2.C6H4N2O.C6H7NO2.C5H4INO.C5H5NO/c1-5(10-12)7-8(11)6(13-2)3-4-9-7;1-5-7-8(12-10-5)6(11-2)3-4-9-7;1-5(10)7-8(11)6(12-2)3-4-9-7;1-5(9-11)7-6(10)3-2-4-8-7;1-5-7-6(10-9-5)3-2-4-8-7;1-5(9)7-6(10)3-2-4-8-7;7-4-5-6(9)2-1-3-8-5;1-9-6-2-3-7-4-5(6)8;6-5-4(8)2-1-3-7-5;7-5-2-1-3-6-4-5/h3-4,11-12H,1-2H3;3-4H,1-2H3;3-4,11H,1-2H3;2-4,10-11H,1H3;2-4H,1H3;2-4,10H,1H3;1-3,9H;2-4,8H,1H3;1-3,8H;1-4,7H/b10-5+;;;9-5+;;;;;;. The summed E-state index contributed by atoms with van der Waals surface area (Å²) in [5.41, 5.74) is 5.86. The number of nitrogens with zero attached hydrogens (tertiary/aromatic N) is 15. The van der Waals surface area contributed by atoms with Crippen LogP contribution in [0.5, 0.6) is 69.0 Å². The molecule has 0 unspecified atom stereocenters. The van der Waals surface area contributed by atoms with Crippen molar-refractivity contribution in [3.63, 3.8) is 0 Å². The van der Waals surface area contributed by atoms with Gasteiger partial charge in [0.25, 0.3) is 0 Å². The molecule has 0 atom stereocenters. The number of aromatic hydroxyl groups is 8. The zero-order valence-corrected chi connectivity index (χ0v) is 57.6.